The van der Waals surface area contributed by atoms with Crippen molar-refractivity contribution in [2.75, 3.05) is 0 Å². The predicted octanol–water partition coefficient (Wildman–Crippen LogP) is 3.37. The van der Waals surface area contributed by atoms with E-state index in [1.165, 1.54) is 6.07 Å². The monoisotopic (exact) mass is 208 g/mol. The van der Waals surface area contributed by atoms with Crippen molar-refractivity contribution in [3.05, 3.63) is 35.6 Å². The molecule has 15 heavy (non-hydrogen) atoms. The molecule has 0 aliphatic heterocycles. The van der Waals surface area contributed by atoms with Crippen LogP contribution in [0.15, 0.2) is 24.3 Å². The van der Waals surface area contributed by atoms with Gasteiger partial charge in [-0.2, -0.15) is 0 Å². The van der Waals surface area contributed by atoms with E-state index in [1.54, 1.807) is 12.1 Å². The number of Topliss-reactive ketones (excluding diaryl/α,β-unsaturated/α-hetero) is 1. The molecule has 0 radical (unpaired) electrons. The van der Waals surface area contributed by atoms with Gasteiger partial charge in [0.15, 0.2) is 0 Å². The smallest absolute Gasteiger partial charge is 0.136 e. The second kappa shape index (κ2) is 5.64. The van der Waals surface area contributed by atoms with E-state index in [2.05, 4.69) is 0 Å². The highest BCUT2D eigenvalue weighted by atomic mass is 19.1. The summed E-state index contributed by atoms with van der Waals surface area (Å²) < 4.78 is 13.3. The first-order valence-corrected chi connectivity index (χ1v) is 5.45. The lowest BCUT2D eigenvalue weighted by atomic mass is 9.91. The molecule has 1 rings (SSSR count). The first-order chi connectivity index (χ1) is 7.19. The van der Waals surface area contributed by atoms with Gasteiger partial charge in [-0.25, -0.2) is 4.39 Å². The SMILES string of the molecule is CCC(=O)C(CC)Cc1ccccc1F. The molecular weight excluding hydrogens is 191 g/mol. The number of carbonyl (C=O) groups is 1. The standard InChI is InChI=1S/C13H17FO/c1-3-10(13(15)4-2)9-11-7-5-6-8-12(11)14/h5-8,10H,3-4,9H2,1-2H3. The van der Waals surface area contributed by atoms with Crippen LogP contribution in [0.3, 0.4) is 0 Å². The van der Waals surface area contributed by atoms with Gasteiger partial charge in [-0.3, -0.25) is 4.79 Å². The third-order valence-corrected chi connectivity index (χ3v) is 2.72. The highest BCUT2D eigenvalue weighted by molar-refractivity contribution is 5.80. The number of carbonyl (C=O) groups excluding carboxylic acids is 1. The van der Waals surface area contributed by atoms with E-state index >= 15 is 0 Å². The van der Waals surface area contributed by atoms with Crippen LogP contribution in [-0.2, 0) is 11.2 Å². The van der Waals surface area contributed by atoms with Crippen LogP contribution in [0, 0.1) is 11.7 Å². The van der Waals surface area contributed by atoms with Crippen LogP contribution in [0.5, 0.6) is 0 Å². The maximum Gasteiger partial charge on any atom is 0.136 e. The molecule has 1 atom stereocenters. The summed E-state index contributed by atoms with van der Waals surface area (Å²) in [6.07, 6.45) is 1.84. The Morgan fingerprint density at radius 2 is 2.00 bits per heavy atom. The molecule has 0 N–H and O–H groups in total. The Morgan fingerprint density at radius 1 is 1.33 bits per heavy atom. The van der Waals surface area contributed by atoms with Crippen molar-refractivity contribution >= 4 is 5.78 Å². The maximum atomic E-state index is 13.3. The third-order valence-electron chi connectivity index (χ3n) is 2.72. The van der Waals surface area contributed by atoms with Gasteiger partial charge in [-0.15, -0.1) is 0 Å². The predicted molar refractivity (Wildman–Crippen MR) is 59.2 cm³/mol. The molecule has 0 aromatic heterocycles. The van der Waals surface area contributed by atoms with Gasteiger partial charge in [0.05, 0.1) is 0 Å². The fourth-order valence-electron chi connectivity index (χ4n) is 1.70. The third kappa shape index (κ3) is 3.15. The van der Waals surface area contributed by atoms with Crippen molar-refractivity contribution in [2.24, 2.45) is 5.92 Å². The molecule has 0 saturated carbocycles. The van der Waals surface area contributed by atoms with Crippen molar-refractivity contribution in [1.82, 2.24) is 0 Å². The van der Waals surface area contributed by atoms with Crippen LogP contribution >= 0.6 is 0 Å². The summed E-state index contributed by atoms with van der Waals surface area (Å²) in [5.41, 5.74) is 0.645. The Balaban J connectivity index is 2.75. The van der Waals surface area contributed by atoms with E-state index in [-0.39, 0.29) is 17.5 Å². The lowest BCUT2D eigenvalue weighted by molar-refractivity contribution is -0.122. The maximum absolute atomic E-state index is 13.3. The summed E-state index contributed by atoms with van der Waals surface area (Å²) >= 11 is 0. The lowest BCUT2D eigenvalue weighted by Crippen LogP contribution is -2.15. The number of rotatable bonds is 5. The largest absolute Gasteiger partial charge is 0.299 e. The number of hydrogen-bond acceptors (Lipinski definition) is 1. The average molecular weight is 208 g/mol. The summed E-state index contributed by atoms with van der Waals surface area (Å²) in [7, 11) is 0. The van der Waals surface area contributed by atoms with Gasteiger partial charge in [-0.05, 0) is 24.5 Å². The van der Waals surface area contributed by atoms with E-state index in [9.17, 15) is 9.18 Å². The van der Waals surface area contributed by atoms with Gasteiger partial charge in [-0.1, -0.05) is 32.0 Å². The number of ketones is 1. The van der Waals surface area contributed by atoms with Gasteiger partial charge in [0, 0.05) is 12.3 Å². The van der Waals surface area contributed by atoms with Crippen LogP contribution in [0.25, 0.3) is 0 Å². The van der Waals surface area contributed by atoms with Crippen molar-refractivity contribution in [3.8, 4) is 0 Å². The van der Waals surface area contributed by atoms with Gasteiger partial charge in [0.2, 0.25) is 0 Å². The number of halogens is 1. The van der Waals surface area contributed by atoms with E-state index in [0.29, 0.717) is 18.4 Å². The molecular formula is C13H17FO. The Kier molecular flexibility index (Phi) is 4.47. The molecule has 1 aromatic rings. The fraction of sp³-hybridized carbons (Fsp3) is 0.462. The molecule has 1 nitrogen and oxygen atoms in total. The topological polar surface area (TPSA) is 17.1 Å². The van der Waals surface area contributed by atoms with Gasteiger partial charge >= 0.3 is 0 Å². The molecule has 0 heterocycles. The van der Waals surface area contributed by atoms with Crippen LogP contribution in [0.2, 0.25) is 0 Å². The van der Waals surface area contributed by atoms with E-state index in [0.717, 1.165) is 6.42 Å². The minimum atomic E-state index is -0.208. The Labute approximate surface area is 90.3 Å². The molecule has 2 heteroatoms. The summed E-state index contributed by atoms with van der Waals surface area (Å²) in [6.45, 7) is 3.82. The zero-order valence-electron chi connectivity index (χ0n) is 9.29. The van der Waals surface area contributed by atoms with E-state index < -0.39 is 0 Å². The summed E-state index contributed by atoms with van der Waals surface area (Å²) in [4.78, 5) is 11.5. The van der Waals surface area contributed by atoms with Crippen LogP contribution in [-0.4, -0.2) is 5.78 Å². The number of hydrogen-bond donors (Lipinski definition) is 0. The van der Waals surface area contributed by atoms with E-state index in [1.807, 2.05) is 19.9 Å². The Hall–Kier alpha value is -1.18. The van der Waals surface area contributed by atoms with Gasteiger partial charge in [0.1, 0.15) is 11.6 Å². The van der Waals surface area contributed by atoms with Crippen LogP contribution in [0.4, 0.5) is 4.39 Å². The zero-order valence-corrected chi connectivity index (χ0v) is 9.29. The second-order valence-electron chi connectivity index (χ2n) is 3.72. The molecule has 82 valence electrons. The molecule has 0 saturated heterocycles. The highest BCUT2D eigenvalue weighted by Crippen LogP contribution is 2.17. The van der Waals surface area contributed by atoms with Crippen molar-refractivity contribution < 1.29 is 9.18 Å². The first-order valence-electron chi connectivity index (χ1n) is 5.45. The summed E-state index contributed by atoms with van der Waals surface area (Å²) in [6, 6.07) is 6.67. The minimum absolute atomic E-state index is 0.0353. The average Bonchev–Trinajstić information content (AvgIpc) is 2.27. The van der Waals surface area contributed by atoms with Crippen molar-refractivity contribution in [1.29, 1.82) is 0 Å². The Morgan fingerprint density at radius 3 is 2.53 bits per heavy atom. The normalized spacial score (nSPS) is 12.5. The van der Waals surface area contributed by atoms with Crippen molar-refractivity contribution in [3.63, 3.8) is 0 Å². The zero-order chi connectivity index (χ0) is 11.3. The molecule has 0 bridgehead atoms. The molecule has 1 aromatic carbocycles. The highest BCUT2D eigenvalue weighted by Gasteiger charge is 2.16. The first kappa shape index (κ1) is 11.9. The number of benzene rings is 1. The molecule has 0 fully saturated rings. The summed E-state index contributed by atoms with van der Waals surface area (Å²) in [5, 5.41) is 0. The molecule has 0 aliphatic rings. The van der Waals surface area contributed by atoms with E-state index in [4.69, 9.17) is 0 Å². The molecule has 0 spiro atoms. The molecule has 0 amide bonds. The summed E-state index contributed by atoms with van der Waals surface area (Å²) in [5.74, 6) is -0.0208. The van der Waals surface area contributed by atoms with Crippen molar-refractivity contribution in [2.45, 2.75) is 33.1 Å². The van der Waals surface area contributed by atoms with Crippen LogP contribution < -0.4 is 0 Å². The Bertz CT molecular complexity index is 333. The van der Waals surface area contributed by atoms with Gasteiger partial charge in [0.25, 0.3) is 0 Å². The molecule has 0 aliphatic carbocycles. The fourth-order valence-corrected chi connectivity index (χ4v) is 1.70. The van der Waals surface area contributed by atoms with Crippen LogP contribution in [0.1, 0.15) is 32.3 Å². The quantitative estimate of drug-likeness (QED) is 0.725. The minimum Gasteiger partial charge on any atom is -0.299 e. The lowest BCUT2D eigenvalue weighted by Gasteiger charge is -2.12. The van der Waals surface area contributed by atoms with Gasteiger partial charge < -0.3 is 0 Å². The second-order valence-corrected chi connectivity index (χ2v) is 3.72. The molecule has 1 unspecified atom stereocenters.